The summed E-state index contributed by atoms with van der Waals surface area (Å²) in [6.45, 7) is 4.47. The van der Waals surface area contributed by atoms with Gasteiger partial charge in [-0.2, -0.15) is 0 Å². The zero-order chi connectivity index (χ0) is 10.3. The van der Waals surface area contributed by atoms with Gasteiger partial charge in [0.15, 0.2) is 0 Å². The Balaban J connectivity index is 4.58. The van der Waals surface area contributed by atoms with Gasteiger partial charge in [-0.05, 0) is 6.92 Å². The molecule has 0 heterocycles. The molecule has 4 heteroatoms. The summed E-state index contributed by atoms with van der Waals surface area (Å²) in [4.78, 5) is 9.89. The van der Waals surface area contributed by atoms with Crippen molar-refractivity contribution < 1.29 is 13.6 Å². The van der Waals surface area contributed by atoms with Gasteiger partial charge in [0.05, 0.1) is 5.83 Å². The van der Waals surface area contributed by atoms with Gasteiger partial charge in [-0.25, -0.2) is 8.78 Å². The second-order valence-electron chi connectivity index (χ2n) is 2.31. The number of allylic oxidation sites excluding steroid dienone is 3. The highest BCUT2D eigenvalue weighted by atomic mass is 19.1. The fourth-order valence-corrected chi connectivity index (χ4v) is 0.673. The average molecular weight is 187 g/mol. The summed E-state index contributed by atoms with van der Waals surface area (Å²) in [5.74, 6) is -1.37. The van der Waals surface area contributed by atoms with Crippen LogP contribution in [0.2, 0.25) is 0 Å². The summed E-state index contributed by atoms with van der Waals surface area (Å²) in [5, 5.41) is 2.25. The van der Waals surface area contributed by atoms with E-state index < -0.39 is 11.7 Å². The van der Waals surface area contributed by atoms with Gasteiger partial charge in [0.1, 0.15) is 5.83 Å². The van der Waals surface area contributed by atoms with Crippen LogP contribution in [-0.4, -0.2) is 13.0 Å². The first-order chi connectivity index (χ1) is 6.11. The Morgan fingerprint density at radius 2 is 2.15 bits per heavy atom. The number of rotatable bonds is 5. The van der Waals surface area contributed by atoms with Crippen LogP contribution in [0.4, 0.5) is 8.78 Å². The fraction of sp³-hybridized carbons (Fsp3) is 0.222. The van der Waals surface area contributed by atoms with Crippen LogP contribution in [0.15, 0.2) is 36.0 Å². The van der Waals surface area contributed by atoms with Gasteiger partial charge in [0.25, 0.3) is 0 Å². The van der Waals surface area contributed by atoms with Gasteiger partial charge < -0.3 is 5.32 Å². The van der Waals surface area contributed by atoms with Crippen molar-refractivity contribution in [3.05, 3.63) is 36.0 Å². The molecule has 0 unspecified atom stereocenters. The van der Waals surface area contributed by atoms with E-state index in [9.17, 15) is 13.6 Å². The SMILES string of the molecule is C=C/C(CNC=O)=C(F)\C=C(/C)F. The van der Waals surface area contributed by atoms with Crippen LogP contribution >= 0.6 is 0 Å². The van der Waals surface area contributed by atoms with Crippen molar-refractivity contribution in [2.75, 3.05) is 6.54 Å². The average Bonchev–Trinajstić information content (AvgIpc) is 2.04. The first-order valence-corrected chi connectivity index (χ1v) is 3.63. The third-order valence-electron chi connectivity index (χ3n) is 1.25. The predicted octanol–water partition coefficient (Wildman–Crippen LogP) is 2.02. The minimum Gasteiger partial charge on any atom is -0.354 e. The van der Waals surface area contributed by atoms with Crippen molar-refractivity contribution in [1.82, 2.24) is 5.32 Å². The van der Waals surface area contributed by atoms with E-state index in [1.54, 1.807) is 0 Å². The normalized spacial score (nSPS) is 13.3. The molecule has 0 bridgehead atoms. The standard InChI is InChI=1S/C9H11F2NO/c1-3-8(5-12-6-13)9(11)4-7(2)10/h3-4,6H,1,5H2,2H3,(H,12,13)/b7-4+,9-8-. The summed E-state index contributed by atoms with van der Waals surface area (Å²) < 4.78 is 25.2. The zero-order valence-electron chi connectivity index (χ0n) is 7.31. The third kappa shape index (κ3) is 4.90. The summed E-state index contributed by atoms with van der Waals surface area (Å²) in [6, 6.07) is 0. The summed E-state index contributed by atoms with van der Waals surface area (Å²) in [5.41, 5.74) is 0.143. The lowest BCUT2D eigenvalue weighted by Crippen LogP contribution is -2.14. The highest BCUT2D eigenvalue weighted by Crippen LogP contribution is 2.11. The Morgan fingerprint density at radius 3 is 2.54 bits per heavy atom. The smallest absolute Gasteiger partial charge is 0.207 e. The predicted molar refractivity (Wildman–Crippen MR) is 47.3 cm³/mol. The molecule has 0 aliphatic carbocycles. The van der Waals surface area contributed by atoms with E-state index in [-0.39, 0.29) is 12.1 Å². The molecule has 0 spiro atoms. The first-order valence-electron chi connectivity index (χ1n) is 3.63. The van der Waals surface area contributed by atoms with Gasteiger partial charge >= 0.3 is 0 Å². The van der Waals surface area contributed by atoms with Crippen molar-refractivity contribution in [3.8, 4) is 0 Å². The number of halogens is 2. The van der Waals surface area contributed by atoms with Crippen LogP contribution in [-0.2, 0) is 4.79 Å². The van der Waals surface area contributed by atoms with Gasteiger partial charge in [0.2, 0.25) is 6.41 Å². The van der Waals surface area contributed by atoms with Gasteiger partial charge in [-0.1, -0.05) is 12.7 Å². The van der Waals surface area contributed by atoms with Crippen molar-refractivity contribution in [2.24, 2.45) is 0 Å². The highest BCUT2D eigenvalue weighted by molar-refractivity contribution is 5.47. The molecule has 0 radical (unpaired) electrons. The lowest BCUT2D eigenvalue weighted by Gasteiger charge is -2.00. The van der Waals surface area contributed by atoms with E-state index in [2.05, 4.69) is 11.9 Å². The van der Waals surface area contributed by atoms with Crippen LogP contribution in [0.1, 0.15) is 6.92 Å². The molecule has 0 aromatic carbocycles. The lowest BCUT2D eigenvalue weighted by molar-refractivity contribution is -0.109. The number of hydrogen-bond donors (Lipinski definition) is 1. The molecule has 0 saturated heterocycles. The topological polar surface area (TPSA) is 29.1 Å². The molecule has 1 amide bonds. The van der Waals surface area contributed by atoms with E-state index >= 15 is 0 Å². The molecule has 1 N–H and O–H groups in total. The van der Waals surface area contributed by atoms with E-state index in [4.69, 9.17) is 0 Å². The fourth-order valence-electron chi connectivity index (χ4n) is 0.673. The number of amides is 1. The minimum atomic E-state index is -0.732. The van der Waals surface area contributed by atoms with Gasteiger partial charge in [-0.15, -0.1) is 0 Å². The molecule has 0 aromatic rings. The number of carbonyl (C=O) groups excluding carboxylic acids is 1. The monoisotopic (exact) mass is 187 g/mol. The molecule has 0 aromatic heterocycles. The van der Waals surface area contributed by atoms with Crippen molar-refractivity contribution in [2.45, 2.75) is 6.92 Å². The Bertz CT molecular complexity index is 252. The quantitative estimate of drug-likeness (QED) is 0.517. The Kier molecular flexibility index (Phi) is 5.43. The Labute approximate surface area is 75.6 Å². The second-order valence-corrected chi connectivity index (χ2v) is 2.31. The summed E-state index contributed by atoms with van der Waals surface area (Å²) in [7, 11) is 0. The third-order valence-corrected chi connectivity index (χ3v) is 1.25. The first kappa shape index (κ1) is 11.5. The summed E-state index contributed by atoms with van der Waals surface area (Å²) in [6.07, 6.45) is 2.40. The van der Waals surface area contributed by atoms with E-state index in [1.807, 2.05) is 0 Å². The number of carbonyl (C=O) groups is 1. The molecular formula is C9H11F2NO. The molecule has 13 heavy (non-hydrogen) atoms. The van der Waals surface area contributed by atoms with E-state index in [0.717, 1.165) is 13.0 Å². The Hall–Kier alpha value is -1.45. The molecule has 0 saturated carbocycles. The molecule has 0 rings (SSSR count). The minimum absolute atomic E-state index is 0.00259. The molecule has 72 valence electrons. The summed E-state index contributed by atoms with van der Waals surface area (Å²) >= 11 is 0. The zero-order valence-corrected chi connectivity index (χ0v) is 7.31. The van der Waals surface area contributed by atoms with Crippen molar-refractivity contribution in [1.29, 1.82) is 0 Å². The lowest BCUT2D eigenvalue weighted by atomic mass is 10.2. The van der Waals surface area contributed by atoms with Gasteiger partial charge in [-0.3, -0.25) is 4.79 Å². The van der Waals surface area contributed by atoms with Crippen LogP contribution < -0.4 is 5.32 Å². The molecule has 0 fully saturated rings. The maximum Gasteiger partial charge on any atom is 0.207 e. The van der Waals surface area contributed by atoms with Gasteiger partial charge in [0, 0.05) is 18.2 Å². The molecule has 0 aliphatic heterocycles. The van der Waals surface area contributed by atoms with Crippen molar-refractivity contribution in [3.63, 3.8) is 0 Å². The Morgan fingerprint density at radius 1 is 1.54 bits per heavy atom. The second kappa shape index (κ2) is 6.11. The van der Waals surface area contributed by atoms with Crippen LogP contribution in [0, 0.1) is 0 Å². The van der Waals surface area contributed by atoms with Crippen molar-refractivity contribution >= 4 is 6.41 Å². The number of hydrogen-bond acceptors (Lipinski definition) is 1. The van der Waals surface area contributed by atoms with Crippen LogP contribution in [0.5, 0.6) is 0 Å². The maximum absolute atomic E-state index is 13.0. The van der Waals surface area contributed by atoms with E-state index in [0.29, 0.717) is 6.41 Å². The van der Waals surface area contributed by atoms with Crippen LogP contribution in [0.3, 0.4) is 0 Å². The maximum atomic E-state index is 13.0. The van der Waals surface area contributed by atoms with Crippen LogP contribution in [0.25, 0.3) is 0 Å². The molecular weight excluding hydrogens is 176 g/mol. The van der Waals surface area contributed by atoms with E-state index in [1.165, 1.54) is 6.08 Å². The number of nitrogens with one attached hydrogen (secondary N) is 1. The molecule has 0 atom stereocenters. The highest BCUT2D eigenvalue weighted by Gasteiger charge is 2.00. The molecule has 0 aliphatic rings. The largest absolute Gasteiger partial charge is 0.354 e. The molecule has 2 nitrogen and oxygen atoms in total.